The third-order valence-electron chi connectivity index (χ3n) is 8.61. The molecular formula is C39H40IrNO2S-. The van der Waals surface area contributed by atoms with Crippen LogP contribution in [0, 0.1) is 24.9 Å². The molecule has 44 heavy (non-hydrogen) atoms. The molecule has 1 N–H and O–H groups in total. The van der Waals surface area contributed by atoms with Crippen LogP contribution in [0.5, 0.6) is 0 Å². The zero-order valence-corrected chi connectivity index (χ0v) is 29.1. The number of pyridine rings is 1. The molecule has 0 saturated heterocycles. The number of aliphatic hydroxyl groups is 1. The smallest absolute Gasteiger partial charge is 0.162 e. The zero-order valence-electron chi connectivity index (χ0n) is 25.9. The molecular weight excluding hydrogens is 739 g/mol. The summed E-state index contributed by atoms with van der Waals surface area (Å²) < 4.78 is 4.62. The van der Waals surface area contributed by atoms with E-state index < -0.39 is 0 Å². The number of hydrogen-bond donors (Lipinski definition) is 1. The van der Waals surface area contributed by atoms with Crippen molar-refractivity contribution in [2.45, 2.75) is 53.4 Å². The summed E-state index contributed by atoms with van der Waals surface area (Å²) >= 11 is 1.83. The number of carbonyl (C=O) groups is 1. The van der Waals surface area contributed by atoms with Crippen LogP contribution in [0.15, 0.2) is 96.8 Å². The van der Waals surface area contributed by atoms with Gasteiger partial charge in [-0.25, -0.2) is 0 Å². The van der Waals surface area contributed by atoms with Crippen molar-refractivity contribution in [3.63, 3.8) is 0 Å². The van der Waals surface area contributed by atoms with Gasteiger partial charge in [-0.15, -0.1) is 18.2 Å². The van der Waals surface area contributed by atoms with Crippen LogP contribution in [0.1, 0.15) is 53.4 Å². The topological polar surface area (TPSA) is 41.2 Å². The number of hydrogen-bond acceptors (Lipinski definition) is 3. The molecule has 2 heterocycles. The van der Waals surface area contributed by atoms with Crippen molar-refractivity contribution in [2.24, 2.45) is 11.8 Å². The summed E-state index contributed by atoms with van der Waals surface area (Å²) in [7, 11) is 4.39. The second-order valence-electron chi connectivity index (χ2n) is 11.1. The van der Waals surface area contributed by atoms with Gasteiger partial charge in [0.15, 0.2) is 5.78 Å². The molecule has 0 saturated carbocycles. The molecule has 0 atom stereocenters. The maximum Gasteiger partial charge on any atom is 0.162 e. The van der Waals surface area contributed by atoms with E-state index in [9.17, 15) is 9.90 Å². The fraction of sp³-hybridized carbons (Fsp3) is 0.256. The van der Waals surface area contributed by atoms with Gasteiger partial charge in [-0.2, -0.15) is 11.3 Å². The van der Waals surface area contributed by atoms with Gasteiger partial charge in [0.2, 0.25) is 0 Å². The Kier molecular flexibility index (Phi) is 11.4. The van der Waals surface area contributed by atoms with Crippen molar-refractivity contribution in [3.05, 3.63) is 110 Å². The summed E-state index contributed by atoms with van der Waals surface area (Å²) in [5, 5.41) is 16.1. The van der Waals surface area contributed by atoms with E-state index in [-0.39, 0.29) is 43.5 Å². The van der Waals surface area contributed by atoms with E-state index in [1.807, 2.05) is 45.1 Å². The molecule has 0 aliphatic rings. The van der Waals surface area contributed by atoms with Crippen molar-refractivity contribution in [3.8, 4) is 11.3 Å². The first-order valence-corrected chi connectivity index (χ1v) is 16.2. The Labute approximate surface area is 278 Å². The Morgan fingerprint density at radius 3 is 2.18 bits per heavy atom. The summed E-state index contributed by atoms with van der Waals surface area (Å²) in [5.74, 6) is 0.547. The number of benzene rings is 4. The van der Waals surface area contributed by atoms with Gasteiger partial charge in [0.25, 0.3) is 0 Å². The molecule has 0 aliphatic heterocycles. The molecule has 3 nitrogen and oxygen atoms in total. The predicted octanol–water partition coefficient (Wildman–Crippen LogP) is 10.6. The van der Waals surface area contributed by atoms with Gasteiger partial charge in [0.05, 0.1) is 5.76 Å². The third kappa shape index (κ3) is 6.61. The summed E-state index contributed by atoms with van der Waals surface area (Å²) in [6.45, 7) is 8.07. The van der Waals surface area contributed by atoms with Gasteiger partial charge in [-0.1, -0.05) is 93.2 Å². The molecule has 2 aromatic heterocycles. The number of rotatable bonds is 8. The maximum absolute atomic E-state index is 11.7. The van der Waals surface area contributed by atoms with Crippen molar-refractivity contribution in [1.82, 2.24) is 0 Å². The number of carbonyl (C=O) groups excluding carboxylic acids is 1. The van der Waals surface area contributed by atoms with Crippen molar-refractivity contribution >= 4 is 59.0 Å². The summed E-state index contributed by atoms with van der Waals surface area (Å²) in [5.41, 5.74) is 3.33. The number of thiophene rings is 1. The molecule has 5 heteroatoms. The monoisotopic (exact) mass is 779 g/mol. The number of fused-ring (bicyclic) bond motifs is 6. The molecule has 1 radical (unpaired) electrons. The summed E-state index contributed by atoms with van der Waals surface area (Å²) in [6.07, 6.45) is 4.91. The van der Waals surface area contributed by atoms with Gasteiger partial charge in [-0.05, 0) is 70.1 Å². The molecule has 6 aromatic rings. The van der Waals surface area contributed by atoms with Crippen LogP contribution >= 0.6 is 11.3 Å². The van der Waals surface area contributed by atoms with E-state index in [0.29, 0.717) is 0 Å². The van der Waals surface area contributed by atoms with Crippen molar-refractivity contribution in [2.75, 3.05) is 0 Å². The average molecular weight is 779 g/mol. The van der Waals surface area contributed by atoms with Crippen LogP contribution in [-0.4, -0.2) is 10.9 Å². The van der Waals surface area contributed by atoms with E-state index >= 15 is 0 Å². The first kappa shape index (κ1) is 33.4. The molecule has 0 bridgehead atoms. The third-order valence-corrected chi connectivity index (χ3v) is 9.82. The first-order chi connectivity index (χ1) is 20.9. The molecule has 0 aliphatic carbocycles. The number of nitrogens with zero attached hydrogens (tertiary/aromatic N) is 1. The fourth-order valence-electron chi connectivity index (χ4n) is 5.96. The molecule has 229 valence electrons. The van der Waals surface area contributed by atoms with Crippen LogP contribution in [0.2, 0.25) is 0 Å². The normalized spacial score (nSPS) is 11.7. The van der Waals surface area contributed by atoms with Gasteiger partial charge < -0.3 is 9.67 Å². The number of aromatic nitrogens is 1. The molecule has 0 unspecified atom stereocenters. The number of aliphatic hydroxyl groups excluding tert-OH is 1. The van der Waals surface area contributed by atoms with E-state index in [0.717, 1.165) is 42.5 Å². The number of allylic oxidation sites excluding steroid dienone is 2. The minimum atomic E-state index is 0. The van der Waals surface area contributed by atoms with Gasteiger partial charge in [0.1, 0.15) is 11.2 Å². The minimum Gasteiger partial charge on any atom is -0.512 e. The van der Waals surface area contributed by atoms with Crippen molar-refractivity contribution in [1.29, 1.82) is 0 Å². The van der Waals surface area contributed by atoms with E-state index in [2.05, 4.69) is 96.5 Å². The molecule has 6 rings (SSSR count). The number of ketones is 1. The molecule has 0 fully saturated rings. The van der Waals surface area contributed by atoms with Crippen LogP contribution < -0.4 is 4.57 Å². The molecule has 4 aromatic carbocycles. The van der Waals surface area contributed by atoms with Gasteiger partial charge in [-0.3, -0.25) is 4.79 Å². The quantitative estimate of drug-likeness (QED) is 0.0550. The Balaban J connectivity index is 0.000000239. The Morgan fingerprint density at radius 2 is 1.48 bits per heavy atom. The zero-order chi connectivity index (χ0) is 30.5. The second-order valence-corrected chi connectivity index (χ2v) is 12.1. The van der Waals surface area contributed by atoms with Crippen LogP contribution in [0.3, 0.4) is 0 Å². The Bertz CT molecular complexity index is 1930. The largest absolute Gasteiger partial charge is 0.512 e. The van der Waals surface area contributed by atoms with E-state index in [4.69, 9.17) is 0 Å². The average Bonchev–Trinajstić information content (AvgIpc) is 3.42. The fourth-order valence-corrected chi connectivity index (χ4v) is 7.16. The van der Waals surface area contributed by atoms with E-state index in [1.165, 1.54) is 42.4 Å². The van der Waals surface area contributed by atoms with E-state index in [1.54, 1.807) is 0 Å². The Hall–Kier alpha value is -3.50. The maximum atomic E-state index is 11.7. The minimum absolute atomic E-state index is 0. The standard InChI is InChI=1S/C26H16NS.C13H24O2.Ir/c1-27-23-15-13-17-7-2-3-8-18(17)19(23)14-16-24(27)22-11-6-10-21-20-9-4-5-12-25(20)28-26(21)22;1-5-10(6-2)12(14)9-13(15)11(7-3)8-4;/h2-10,12-16H,1H2;9-11,14H,5-8H2,1-4H3;/q-1;;/b;12-9-;. The molecule has 0 spiro atoms. The summed E-state index contributed by atoms with van der Waals surface area (Å²) in [4.78, 5) is 11.7. The second kappa shape index (κ2) is 15.0. The first-order valence-electron chi connectivity index (χ1n) is 15.4. The van der Waals surface area contributed by atoms with Gasteiger partial charge in [0, 0.05) is 49.8 Å². The van der Waals surface area contributed by atoms with Crippen LogP contribution in [-0.2, 0) is 24.9 Å². The van der Waals surface area contributed by atoms with Gasteiger partial charge >= 0.3 is 0 Å². The molecule has 0 amide bonds. The van der Waals surface area contributed by atoms with Crippen LogP contribution in [0.4, 0.5) is 0 Å². The Morgan fingerprint density at radius 1 is 0.818 bits per heavy atom. The SMILES string of the molecule is CCC(CC)C(=O)/C=C(\O)C(CC)CC.[CH2-][n+]1c(-c2[c-]ccc3c2sc2ccccc23)ccc2c3ccccc3ccc21.[Ir]. The predicted molar refractivity (Wildman–Crippen MR) is 183 cm³/mol. The van der Waals surface area contributed by atoms with Crippen LogP contribution in [0.25, 0.3) is 53.1 Å². The van der Waals surface area contributed by atoms with Crippen molar-refractivity contribution < 1.29 is 34.6 Å². The summed E-state index contributed by atoms with van der Waals surface area (Å²) in [6, 6.07) is 33.5.